The standard InChI is InChI=1S/C13H19NO3/c1-9(2)10-5-4-6-11(7-10)14-12(8-17-3)13(15)16/h4-7,9,12,14H,8H2,1-3H3,(H,15,16). The van der Waals surface area contributed by atoms with Crippen molar-refractivity contribution in [1.82, 2.24) is 0 Å². The Morgan fingerprint density at radius 1 is 1.47 bits per heavy atom. The molecule has 0 bridgehead atoms. The molecule has 0 amide bonds. The number of rotatable bonds is 6. The van der Waals surface area contributed by atoms with Gasteiger partial charge in [-0.25, -0.2) is 4.79 Å². The molecule has 94 valence electrons. The highest BCUT2D eigenvalue weighted by Gasteiger charge is 2.16. The summed E-state index contributed by atoms with van der Waals surface area (Å²) in [5.74, 6) is -0.496. The topological polar surface area (TPSA) is 58.6 Å². The number of carbonyl (C=O) groups is 1. The third-order valence-electron chi connectivity index (χ3n) is 2.53. The first-order valence-corrected chi connectivity index (χ1v) is 5.62. The number of hydrogen-bond acceptors (Lipinski definition) is 3. The van der Waals surface area contributed by atoms with Gasteiger partial charge >= 0.3 is 5.97 Å². The predicted octanol–water partition coefficient (Wildman–Crippen LogP) is 2.32. The van der Waals surface area contributed by atoms with Crippen molar-refractivity contribution in [1.29, 1.82) is 0 Å². The van der Waals surface area contributed by atoms with Gasteiger partial charge in [0.2, 0.25) is 0 Å². The minimum atomic E-state index is -0.915. The molecular weight excluding hydrogens is 218 g/mol. The summed E-state index contributed by atoms with van der Waals surface area (Å²) in [4.78, 5) is 11.0. The second kappa shape index (κ2) is 6.25. The molecule has 0 aliphatic heterocycles. The van der Waals surface area contributed by atoms with Crippen molar-refractivity contribution in [2.75, 3.05) is 19.0 Å². The van der Waals surface area contributed by atoms with Crippen LogP contribution in [0.25, 0.3) is 0 Å². The van der Waals surface area contributed by atoms with E-state index in [0.29, 0.717) is 5.92 Å². The smallest absolute Gasteiger partial charge is 0.328 e. The Balaban J connectivity index is 2.78. The second-order valence-corrected chi connectivity index (χ2v) is 4.27. The fourth-order valence-electron chi connectivity index (χ4n) is 1.53. The number of nitrogens with one attached hydrogen (secondary N) is 1. The molecule has 1 aromatic carbocycles. The minimum absolute atomic E-state index is 0.140. The van der Waals surface area contributed by atoms with Crippen molar-refractivity contribution in [3.63, 3.8) is 0 Å². The number of carboxylic acid groups (broad SMARTS) is 1. The summed E-state index contributed by atoms with van der Waals surface area (Å²) in [5.41, 5.74) is 1.98. The number of methoxy groups -OCH3 is 1. The van der Waals surface area contributed by atoms with Gasteiger partial charge in [-0.2, -0.15) is 0 Å². The number of anilines is 1. The Kier molecular flexibility index (Phi) is 4.97. The van der Waals surface area contributed by atoms with Crippen LogP contribution in [0.5, 0.6) is 0 Å². The monoisotopic (exact) mass is 237 g/mol. The van der Waals surface area contributed by atoms with Crippen LogP contribution in [-0.2, 0) is 9.53 Å². The predicted molar refractivity (Wildman–Crippen MR) is 67.5 cm³/mol. The molecule has 17 heavy (non-hydrogen) atoms. The highest BCUT2D eigenvalue weighted by Crippen LogP contribution is 2.19. The van der Waals surface area contributed by atoms with E-state index >= 15 is 0 Å². The number of aliphatic carboxylic acids is 1. The summed E-state index contributed by atoms with van der Waals surface area (Å²) in [6.07, 6.45) is 0. The van der Waals surface area contributed by atoms with E-state index in [-0.39, 0.29) is 6.61 Å². The van der Waals surface area contributed by atoms with Gasteiger partial charge in [-0.1, -0.05) is 26.0 Å². The van der Waals surface area contributed by atoms with Crippen LogP contribution < -0.4 is 5.32 Å². The van der Waals surface area contributed by atoms with Crippen LogP contribution in [0, 0.1) is 0 Å². The number of ether oxygens (including phenoxy) is 1. The van der Waals surface area contributed by atoms with Crippen LogP contribution >= 0.6 is 0 Å². The van der Waals surface area contributed by atoms with E-state index in [0.717, 1.165) is 5.69 Å². The van der Waals surface area contributed by atoms with Crippen molar-refractivity contribution in [3.05, 3.63) is 29.8 Å². The van der Waals surface area contributed by atoms with E-state index in [2.05, 4.69) is 19.2 Å². The molecule has 0 aromatic heterocycles. The lowest BCUT2D eigenvalue weighted by atomic mass is 10.0. The molecule has 0 aliphatic rings. The molecular formula is C13H19NO3. The Hall–Kier alpha value is -1.55. The minimum Gasteiger partial charge on any atom is -0.480 e. The van der Waals surface area contributed by atoms with E-state index in [1.54, 1.807) is 0 Å². The lowest BCUT2D eigenvalue weighted by Crippen LogP contribution is -2.33. The second-order valence-electron chi connectivity index (χ2n) is 4.27. The lowest BCUT2D eigenvalue weighted by molar-refractivity contribution is -0.139. The first-order valence-electron chi connectivity index (χ1n) is 5.62. The Morgan fingerprint density at radius 3 is 2.71 bits per heavy atom. The summed E-state index contributed by atoms with van der Waals surface area (Å²) in [5, 5.41) is 12.0. The van der Waals surface area contributed by atoms with Crippen molar-refractivity contribution in [2.45, 2.75) is 25.8 Å². The Labute approximate surface area is 102 Å². The van der Waals surface area contributed by atoms with E-state index in [9.17, 15) is 4.79 Å². The van der Waals surface area contributed by atoms with Gasteiger partial charge in [-0.15, -0.1) is 0 Å². The van der Waals surface area contributed by atoms with Crippen LogP contribution in [0.15, 0.2) is 24.3 Å². The maximum atomic E-state index is 11.0. The van der Waals surface area contributed by atoms with Gasteiger partial charge in [0.1, 0.15) is 6.04 Å². The van der Waals surface area contributed by atoms with Gasteiger partial charge in [-0.3, -0.25) is 0 Å². The van der Waals surface area contributed by atoms with Gasteiger partial charge in [0, 0.05) is 12.8 Å². The number of hydrogen-bond donors (Lipinski definition) is 2. The zero-order valence-electron chi connectivity index (χ0n) is 10.4. The van der Waals surface area contributed by atoms with Crippen molar-refractivity contribution >= 4 is 11.7 Å². The summed E-state index contributed by atoms with van der Waals surface area (Å²) in [6, 6.07) is 7.06. The van der Waals surface area contributed by atoms with Gasteiger partial charge in [0.25, 0.3) is 0 Å². The highest BCUT2D eigenvalue weighted by atomic mass is 16.5. The van der Waals surface area contributed by atoms with Crippen LogP contribution in [0.3, 0.4) is 0 Å². The van der Waals surface area contributed by atoms with E-state index < -0.39 is 12.0 Å². The summed E-state index contributed by atoms with van der Waals surface area (Å²) in [7, 11) is 1.49. The molecule has 1 aromatic rings. The van der Waals surface area contributed by atoms with Crippen molar-refractivity contribution in [3.8, 4) is 0 Å². The number of benzene rings is 1. The molecule has 0 radical (unpaired) electrons. The van der Waals surface area contributed by atoms with Gasteiger partial charge in [-0.05, 0) is 23.6 Å². The first-order chi connectivity index (χ1) is 8.04. The van der Waals surface area contributed by atoms with E-state index in [4.69, 9.17) is 9.84 Å². The van der Waals surface area contributed by atoms with Gasteiger partial charge < -0.3 is 15.2 Å². The summed E-state index contributed by atoms with van der Waals surface area (Å²) in [6.45, 7) is 4.34. The lowest BCUT2D eigenvalue weighted by Gasteiger charge is -2.16. The van der Waals surface area contributed by atoms with Crippen LogP contribution in [0.2, 0.25) is 0 Å². The largest absolute Gasteiger partial charge is 0.480 e. The molecule has 0 aliphatic carbocycles. The Morgan fingerprint density at radius 2 is 2.18 bits per heavy atom. The highest BCUT2D eigenvalue weighted by molar-refractivity contribution is 5.77. The fourth-order valence-corrected chi connectivity index (χ4v) is 1.53. The molecule has 0 heterocycles. The molecule has 1 rings (SSSR count). The quantitative estimate of drug-likeness (QED) is 0.797. The zero-order chi connectivity index (χ0) is 12.8. The average molecular weight is 237 g/mol. The van der Waals surface area contributed by atoms with Gasteiger partial charge in [0.05, 0.1) is 6.61 Å². The van der Waals surface area contributed by atoms with Crippen LogP contribution in [-0.4, -0.2) is 30.8 Å². The molecule has 2 N–H and O–H groups in total. The summed E-state index contributed by atoms with van der Waals surface area (Å²) >= 11 is 0. The van der Waals surface area contributed by atoms with Crippen LogP contribution in [0.1, 0.15) is 25.3 Å². The van der Waals surface area contributed by atoms with E-state index in [1.165, 1.54) is 12.7 Å². The van der Waals surface area contributed by atoms with Crippen LogP contribution in [0.4, 0.5) is 5.69 Å². The van der Waals surface area contributed by atoms with Crippen molar-refractivity contribution < 1.29 is 14.6 Å². The van der Waals surface area contributed by atoms with Gasteiger partial charge in [0.15, 0.2) is 0 Å². The van der Waals surface area contributed by atoms with Crippen molar-refractivity contribution in [2.24, 2.45) is 0 Å². The summed E-state index contributed by atoms with van der Waals surface area (Å²) < 4.78 is 4.87. The molecule has 4 nitrogen and oxygen atoms in total. The normalized spacial score (nSPS) is 12.5. The molecule has 1 unspecified atom stereocenters. The molecule has 0 saturated heterocycles. The Bertz CT molecular complexity index is 377. The molecule has 0 saturated carbocycles. The average Bonchev–Trinajstić information content (AvgIpc) is 2.28. The maximum absolute atomic E-state index is 11.0. The number of carboxylic acids is 1. The fraction of sp³-hybridized carbons (Fsp3) is 0.462. The third-order valence-corrected chi connectivity index (χ3v) is 2.53. The zero-order valence-corrected chi connectivity index (χ0v) is 10.4. The molecule has 0 spiro atoms. The van der Waals surface area contributed by atoms with E-state index in [1.807, 2.05) is 24.3 Å². The first kappa shape index (κ1) is 13.5. The molecule has 4 heteroatoms. The third kappa shape index (κ3) is 4.07. The maximum Gasteiger partial charge on any atom is 0.328 e. The SMILES string of the molecule is COCC(Nc1cccc(C(C)C)c1)C(=O)O. The molecule has 1 atom stereocenters. The molecule has 0 fully saturated rings.